The number of carbonyl (C=O) groups is 1. The highest BCUT2D eigenvalue weighted by Gasteiger charge is 2.31. The van der Waals surface area contributed by atoms with E-state index in [2.05, 4.69) is 4.98 Å². The lowest BCUT2D eigenvalue weighted by atomic mass is 10.4. The Balaban J connectivity index is 2.68. The molecular formula is C10H13F3N2O2S. The monoisotopic (exact) mass is 282 g/mol. The van der Waals surface area contributed by atoms with Gasteiger partial charge in [-0.25, -0.2) is 4.98 Å². The first kappa shape index (κ1) is 14.9. The molecule has 1 rings (SSSR count). The van der Waals surface area contributed by atoms with Gasteiger partial charge in [-0.05, 0) is 6.42 Å². The Bertz CT molecular complexity index is 406. The summed E-state index contributed by atoms with van der Waals surface area (Å²) in [4.78, 5) is 15.5. The molecule has 0 aliphatic carbocycles. The van der Waals surface area contributed by atoms with E-state index in [4.69, 9.17) is 5.11 Å². The molecule has 0 fully saturated rings. The second-order valence-electron chi connectivity index (χ2n) is 3.74. The molecule has 0 saturated heterocycles. The van der Waals surface area contributed by atoms with Crippen LogP contribution in [0.1, 0.15) is 17.6 Å². The van der Waals surface area contributed by atoms with E-state index >= 15 is 0 Å². The van der Waals surface area contributed by atoms with Crippen molar-refractivity contribution in [3.8, 4) is 0 Å². The molecule has 0 aromatic carbocycles. The van der Waals surface area contributed by atoms with Crippen molar-refractivity contribution in [1.82, 2.24) is 9.88 Å². The van der Waals surface area contributed by atoms with Gasteiger partial charge in [0, 0.05) is 11.9 Å². The predicted octanol–water partition coefficient (Wildman–Crippen LogP) is 2.15. The standard InChI is InChI=1S/C10H13F3N2O2S/c1-2-8-14-7(5-18-8)3-15(4-9(16)17)6-10(11,12)13/h5H,2-4,6H2,1H3,(H,16,17). The summed E-state index contributed by atoms with van der Waals surface area (Å²) in [6.45, 7) is -0.119. The Labute approximate surface area is 106 Å². The Hall–Kier alpha value is -1.15. The Morgan fingerprint density at radius 3 is 2.67 bits per heavy atom. The number of carboxylic acids is 1. The summed E-state index contributed by atoms with van der Waals surface area (Å²) in [5.41, 5.74) is 0.474. The van der Waals surface area contributed by atoms with Crippen LogP contribution in [0.5, 0.6) is 0 Å². The smallest absolute Gasteiger partial charge is 0.401 e. The number of alkyl halides is 3. The minimum absolute atomic E-state index is 0.109. The van der Waals surface area contributed by atoms with Crippen molar-refractivity contribution in [1.29, 1.82) is 0 Å². The lowest BCUT2D eigenvalue weighted by Crippen LogP contribution is -2.37. The van der Waals surface area contributed by atoms with Gasteiger partial charge in [-0.2, -0.15) is 13.2 Å². The topological polar surface area (TPSA) is 53.4 Å². The van der Waals surface area contributed by atoms with Crippen molar-refractivity contribution >= 4 is 17.3 Å². The molecule has 1 aromatic rings. The number of aliphatic carboxylic acids is 1. The molecule has 0 amide bonds. The van der Waals surface area contributed by atoms with Gasteiger partial charge in [0.15, 0.2) is 0 Å². The zero-order valence-corrected chi connectivity index (χ0v) is 10.5. The van der Waals surface area contributed by atoms with Crippen LogP contribution in [0, 0.1) is 0 Å². The molecular weight excluding hydrogens is 269 g/mol. The average Bonchev–Trinajstić information content (AvgIpc) is 2.61. The summed E-state index contributed by atoms with van der Waals surface area (Å²) < 4.78 is 36.8. The molecule has 0 saturated carbocycles. The van der Waals surface area contributed by atoms with Crippen molar-refractivity contribution in [2.75, 3.05) is 13.1 Å². The predicted molar refractivity (Wildman–Crippen MR) is 60.5 cm³/mol. The maximum absolute atomic E-state index is 12.3. The molecule has 4 nitrogen and oxygen atoms in total. The van der Waals surface area contributed by atoms with Crippen molar-refractivity contribution in [2.24, 2.45) is 0 Å². The van der Waals surface area contributed by atoms with Gasteiger partial charge in [-0.3, -0.25) is 9.69 Å². The Morgan fingerprint density at radius 2 is 2.22 bits per heavy atom. The number of thiazole rings is 1. The van der Waals surface area contributed by atoms with Gasteiger partial charge >= 0.3 is 12.1 Å². The highest BCUT2D eigenvalue weighted by Crippen LogP contribution is 2.19. The SMILES string of the molecule is CCc1nc(CN(CC(=O)O)CC(F)(F)F)cs1. The van der Waals surface area contributed by atoms with E-state index in [1.54, 1.807) is 5.38 Å². The van der Waals surface area contributed by atoms with Crippen molar-refractivity contribution in [3.05, 3.63) is 16.1 Å². The highest BCUT2D eigenvalue weighted by atomic mass is 32.1. The maximum atomic E-state index is 12.3. The molecule has 18 heavy (non-hydrogen) atoms. The summed E-state index contributed by atoms with van der Waals surface area (Å²) in [5, 5.41) is 11.1. The van der Waals surface area contributed by atoms with Gasteiger partial charge in [0.1, 0.15) is 0 Å². The van der Waals surface area contributed by atoms with E-state index in [9.17, 15) is 18.0 Å². The van der Waals surface area contributed by atoms with Gasteiger partial charge < -0.3 is 5.11 Å². The first-order valence-corrected chi connectivity index (χ1v) is 6.12. The molecule has 102 valence electrons. The van der Waals surface area contributed by atoms with E-state index in [1.165, 1.54) is 11.3 Å². The van der Waals surface area contributed by atoms with E-state index in [1.807, 2.05) is 6.92 Å². The van der Waals surface area contributed by atoms with E-state index in [0.29, 0.717) is 12.1 Å². The molecule has 1 heterocycles. The van der Waals surface area contributed by atoms with Crippen LogP contribution in [-0.2, 0) is 17.8 Å². The van der Waals surface area contributed by atoms with E-state index in [0.717, 1.165) is 9.91 Å². The van der Waals surface area contributed by atoms with Gasteiger partial charge in [0.05, 0.1) is 23.8 Å². The zero-order valence-electron chi connectivity index (χ0n) is 9.70. The van der Waals surface area contributed by atoms with Gasteiger partial charge in [-0.15, -0.1) is 11.3 Å². The third kappa shape index (κ3) is 5.46. The number of nitrogens with zero attached hydrogens (tertiary/aromatic N) is 2. The van der Waals surface area contributed by atoms with Crippen molar-refractivity contribution in [2.45, 2.75) is 26.1 Å². The number of hydrogen-bond acceptors (Lipinski definition) is 4. The molecule has 1 aromatic heterocycles. The molecule has 0 aliphatic heterocycles. The molecule has 0 spiro atoms. The summed E-state index contributed by atoms with van der Waals surface area (Å²) in [5.74, 6) is -1.29. The third-order valence-electron chi connectivity index (χ3n) is 2.05. The lowest BCUT2D eigenvalue weighted by molar-refractivity contribution is -0.154. The summed E-state index contributed by atoms with van der Waals surface area (Å²) >= 11 is 1.36. The van der Waals surface area contributed by atoms with E-state index in [-0.39, 0.29) is 6.54 Å². The minimum atomic E-state index is -4.42. The van der Waals surface area contributed by atoms with Crippen LogP contribution in [0.2, 0.25) is 0 Å². The van der Waals surface area contributed by atoms with Gasteiger partial charge in [-0.1, -0.05) is 6.92 Å². The molecule has 8 heteroatoms. The number of aromatic nitrogens is 1. The van der Waals surface area contributed by atoms with Crippen LogP contribution in [0.3, 0.4) is 0 Å². The minimum Gasteiger partial charge on any atom is -0.480 e. The summed E-state index contributed by atoms with van der Waals surface area (Å²) in [6.07, 6.45) is -3.71. The normalized spacial score (nSPS) is 12.1. The molecule has 0 unspecified atom stereocenters. The van der Waals surface area contributed by atoms with Crippen LogP contribution < -0.4 is 0 Å². The largest absolute Gasteiger partial charge is 0.480 e. The Morgan fingerprint density at radius 1 is 1.56 bits per heavy atom. The van der Waals surface area contributed by atoms with Crippen molar-refractivity contribution in [3.63, 3.8) is 0 Å². The quantitative estimate of drug-likeness (QED) is 0.868. The fourth-order valence-corrected chi connectivity index (χ4v) is 2.16. The van der Waals surface area contributed by atoms with Gasteiger partial charge in [0.2, 0.25) is 0 Å². The fraction of sp³-hybridized carbons (Fsp3) is 0.600. The first-order valence-electron chi connectivity index (χ1n) is 5.24. The summed E-state index contributed by atoms with van der Waals surface area (Å²) in [6, 6.07) is 0. The number of aryl methyl sites for hydroxylation is 1. The van der Waals surface area contributed by atoms with Gasteiger partial charge in [0.25, 0.3) is 0 Å². The summed E-state index contributed by atoms with van der Waals surface area (Å²) in [7, 11) is 0. The second kappa shape index (κ2) is 6.14. The number of halogens is 3. The van der Waals surface area contributed by atoms with Crippen LogP contribution in [-0.4, -0.2) is 40.2 Å². The molecule has 1 N–H and O–H groups in total. The maximum Gasteiger partial charge on any atom is 0.401 e. The van der Waals surface area contributed by atoms with Crippen LogP contribution in [0.4, 0.5) is 13.2 Å². The first-order chi connectivity index (χ1) is 8.30. The molecule has 0 bridgehead atoms. The van der Waals surface area contributed by atoms with Crippen molar-refractivity contribution < 1.29 is 23.1 Å². The second-order valence-corrected chi connectivity index (χ2v) is 4.68. The number of carboxylic acid groups (broad SMARTS) is 1. The number of rotatable bonds is 6. The number of hydrogen-bond donors (Lipinski definition) is 1. The van der Waals surface area contributed by atoms with Crippen LogP contribution >= 0.6 is 11.3 Å². The average molecular weight is 282 g/mol. The molecule has 0 radical (unpaired) electrons. The molecule has 0 aliphatic rings. The molecule has 0 atom stereocenters. The van der Waals surface area contributed by atoms with Crippen LogP contribution in [0.15, 0.2) is 5.38 Å². The highest BCUT2D eigenvalue weighted by molar-refractivity contribution is 7.09. The van der Waals surface area contributed by atoms with E-state index < -0.39 is 25.2 Å². The van der Waals surface area contributed by atoms with Crippen LogP contribution in [0.25, 0.3) is 0 Å². The fourth-order valence-electron chi connectivity index (χ4n) is 1.43. The Kier molecular flexibility index (Phi) is 5.09. The zero-order chi connectivity index (χ0) is 13.8. The lowest BCUT2D eigenvalue weighted by Gasteiger charge is -2.20. The third-order valence-corrected chi connectivity index (χ3v) is 3.09.